The lowest BCUT2D eigenvalue weighted by molar-refractivity contribution is -0.384. The van der Waals surface area contributed by atoms with Gasteiger partial charge in [0.15, 0.2) is 0 Å². The first-order chi connectivity index (χ1) is 8.45. The van der Waals surface area contributed by atoms with Crippen molar-refractivity contribution >= 4 is 28.9 Å². The number of benzene rings is 1. The SMILES string of the molecule is COC(=O)C(C)CNc1ccc([N+](=O)[O-])cc1Cl. The summed E-state index contributed by atoms with van der Waals surface area (Å²) in [4.78, 5) is 21.2. The van der Waals surface area contributed by atoms with Gasteiger partial charge in [0.1, 0.15) is 0 Å². The number of nitrogens with zero attached hydrogens (tertiary/aromatic N) is 1. The molecule has 1 rings (SSSR count). The van der Waals surface area contributed by atoms with Gasteiger partial charge in [-0.1, -0.05) is 18.5 Å². The smallest absolute Gasteiger partial charge is 0.310 e. The zero-order chi connectivity index (χ0) is 13.7. The molecular weight excluding hydrogens is 260 g/mol. The van der Waals surface area contributed by atoms with Crippen molar-refractivity contribution in [3.05, 3.63) is 33.3 Å². The van der Waals surface area contributed by atoms with Crippen molar-refractivity contribution in [1.82, 2.24) is 0 Å². The number of ether oxygens (including phenoxy) is 1. The number of anilines is 1. The van der Waals surface area contributed by atoms with E-state index in [0.29, 0.717) is 12.2 Å². The number of nitro benzene ring substituents is 1. The number of methoxy groups -OCH3 is 1. The van der Waals surface area contributed by atoms with Gasteiger partial charge in [0.2, 0.25) is 0 Å². The number of esters is 1. The molecule has 0 spiro atoms. The first-order valence-electron chi connectivity index (χ1n) is 5.21. The Hall–Kier alpha value is -1.82. The highest BCUT2D eigenvalue weighted by Crippen LogP contribution is 2.26. The van der Waals surface area contributed by atoms with E-state index >= 15 is 0 Å². The van der Waals surface area contributed by atoms with E-state index in [4.69, 9.17) is 11.6 Å². The molecule has 1 aromatic rings. The van der Waals surface area contributed by atoms with Crippen LogP contribution < -0.4 is 5.32 Å². The number of rotatable bonds is 5. The Balaban J connectivity index is 2.69. The van der Waals surface area contributed by atoms with Crippen molar-refractivity contribution in [2.45, 2.75) is 6.92 Å². The van der Waals surface area contributed by atoms with Crippen LogP contribution in [-0.2, 0) is 9.53 Å². The molecule has 0 saturated carbocycles. The van der Waals surface area contributed by atoms with Gasteiger partial charge >= 0.3 is 5.97 Å². The van der Waals surface area contributed by atoms with E-state index in [-0.39, 0.29) is 22.6 Å². The van der Waals surface area contributed by atoms with E-state index in [9.17, 15) is 14.9 Å². The summed E-state index contributed by atoms with van der Waals surface area (Å²) < 4.78 is 4.58. The monoisotopic (exact) mass is 272 g/mol. The Morgan fingerprint density at radius 1 is 1.61 bits per heavy atom. The fraction of sp³-hybridized carbons (Fsp3) is 0.364. The van der Waals surface area contributed by atoms with Gasteiger partial charge in [-0.05, 0) is 6.07 Å². The quantitative estimate of drug-likeness (QED) is 0.506. The van der Waals surface area contributed by atoms with Crippen LogP contribution in [-0.4, -0.2) is 24.5 Å². The summed E-state index contributed by atoms with van der Waals surface area (Å²) in [6.45, 7) is 2.04. The van der Waals surface area contributed by atoms with Gasteiger partial charge in [-0.2, -0.15) is 0 Å². The maximum absolute atomic E-state index is 11.2. The third-order valence-corrected chi connectivity index (χ3v) is 2.68. The van der Waals surface area contributed by atoms with Gasteiger partial charge in [0.05, 0.1) is 28.7 Å². The number of nitro groups is 1. The molecule has 0 aromatic heterocycles. The van der Waals surface area contributed by atoms with Crippen molar-refractivity contribution in [3.63, 3.8) is 0 Å². The third kappa shape index (κ3) is 3.59. The Kier molecular flexibility index (Phi) is 4.91. The van der Waals surface area contributed by atoms with Gasteiger partial charge < -0.3 is 10.1 Å². The average Bonchev–Trinajstić information content (AvgIpc) is 2.35. The minimum absolute atomic E-state index is 0.0773. The van der Waals surface area contributed by atoms with Crippen LogP contribution in [0.25, 0.3) is 0 Å². The lowest BCUT2D eigenvalue weighted by Crippen LogP contribution is -2.21. The van der Waals surface area contributed by atoms with E-state index in [1.165, 1.54) is 25.3 Å². The summed E-state index contributed by atoms with van der Waals surface area (Å²) in [6, 6.07) is 4.11. The number of hydrogen-bond donors (Lipinski definition) is 1. The fourth-order valence-electron chi connectivity index (χ4n) is 1.31. The molecule has 1 aromatic carbocycles. The second-order valence-electron chi connectivity index (χ2n) is 3.73. The number of nitrogens with one attached hydrogen (secondary N) is 1. The van der Waals surface area contributed by atoms with Crippen LogP contribution in [0.2, 0.25) is 5.02 Å². The van der Waals surface area contributed by atoms with Crippen LogP contribution in [0.3, 0.4) is 0 Å². The third-order valence-electron chi connectivity index (χ3n) is 2.37. The molecule has 0 saturated heterocycles. The number of halogens is 1. The molecule has 98 valence electrons. The molecule has 1 N–H and O–H groups in total. The Labute approximate surface area is 109 Å². The summed E-state index contributed by atoms with van der Waals surface area (Å²) in [5.41, 5.74) is 0.463. The molecule has 0 aliphatic carbocycles. The van der Waals surface area contributed by atoms with E-state index in [0.717, 1.165) is 0 Å². The molecule has 0 aliphatic heterocycles. The molecule has 18 heavy (non-hydrogen) atoms. The highest BCUT2D eigenvalue weighted by atomic mass is 35.5. The molecule has 0 amide bonds. The molecular formula is C11H13ClN2O4. The van der Waals surface area contributed by atoms with Crippen molar-refractivity contribution in [1.29, 1.82) is 0 Å². The Bertz CT molecular complexity index is 464. The summed E-state index contributed by atoms with van der Waals surface area (Å²) in [7, 11) is 1.32. The maximum atomic E-state index is 11.2. The summed E-state index contributed by atoms with van der Waals surface area (Å²) in [5, 5.41) is 13.7. The van der Waals surface area contributed by atoms with Crippen LogP contribution in [0.5, 0.6) is 0 Å². The molecule has 7 heteroatoms. The largest absolute Gasteiger partial charge is 0.469 e. The number of non-ortho nitro benzene ring substituents is 1. The molecule has 0 fully saturated rings. The van der Waals surface area contributed by atoms with Gasteiger partial charge in [-0.3, -0.25) is 14.9 Å². The van der Waals surface area contributed by atoms with Crippen molar-refractivity contribution < 1.29 is 14.5 Å². The molecule has 0 heterocycles. The first-order valence-corrected chi connectivity index (χ1v) is 5.59. The van der Waals surface area contributed by atoms with E-state index in [2.05, 4.69) is 10.1 Å². The predicted octanol–water partition coefficient (Wildman–Crippen LogP) is 2.47. The fourth-order valence-corrected chi connectivity index (χ4v) is 1.55. The second kappa shape index (κ2) is 6.20. The van der Waals surface area contributed by atoms with Crippen LogP contribution in [0.4, 0.5) is 11.4 Å². The molecule has 1 unspecified atom stereocenters. The van der Waals surface area contributed by atoms with Crippen molar-refractivity contribution in [3.8, 4) is 0 Å². The standard InChI is InChI=1S/C11H13ClN2O4/c1-7(11(15)18-2)6-13-10-4-3-8(14(16)17)5-9(10)12/h3-5,7,13H,6H2,1-2H3. The van der Waals surface area contributed by atoms with Crippen LogP contribution in [0.15, 0.2) is 18.2 Å². The van der Waals surface area contributed by atoms with Crippen molar-refractivity contribution in [2.75, 3.05) is 19.0 Å². The Morgan fingerprint density at radius 3 is 2.78 bits per heavy atom. The minimum atomic E-state index is -0.521. The molecule has 6 nitrogen and oxygen atoms in total. The number of carbonyl (C=O) groups is 1. The van der Waals surface area contributed by atoms with Gasteiger partial charge in [0, 0.05) is 18.7 Å². The number of hydrogen-bond acceptors (Lipinski definition) is 5. The molecule has 0 aliphatic rings. The number of carbonyl (C=O) groups excluding carboxylic acids is 1. The predicted molar refractivity (Wildman–Crippen MR) is 67.8 cm³/mol. The highest BCUT2D eigenvalue weighted by molar-refractivity contribution is 6.33. The summed E-state index contributed by atoms with van der Waals surface area (Å²) >= 11 is 5.89. The van der Waals surface area contributed by atoms with Crippen molar-refractivity contribution in [2.24, 2.45) is 5.92 Å². The van der Waals surface area contributed by atoms with Crippen LogP contribution >= 0.6 is 11.6 Å². The lowest BCUT2D eigenvalue weighted by Gasteiger charge is -2.12. The lowest BCUT2D eigenvalue weighted by atomic mass is 10.2. The second-order valence-corrected chi connectivity index (χ2v) is 4.13. The first kappa shape index (κ1) is 14.2. The minimum Gasteiger partial charge on any atom is -0.469 e. The highest BCUT2D eigenvalue weighted by Gasteiger charge is 2.14. The van der Waals surface area contributed by atoms with E-state index in [1.54, 1.807) is 6.92 Å². The zero-order valence-corrected chi connectivity index (χ0v) is 10.7. The molecule has 0 bridgehead atoms. The zero-order valence-electron chi connectivity index (χ0n) is 9.97. The van der Waals surface area contributed by atoms with E-state index < -0.39 is 4.92 Å². The van der Waals surface area contributed by atoms with Crippen LogP contribution in [0.1, 0.15) is 6.92 Å². The topological polar surface area (TPSA) is 81.5 Å². The maximum Gasteiger partial charge on any atom is 0.310 e. The Morgan fingerprint density at radius 2 is 2.28 bits per heavy atom. The molecule has 0 radical (unpaired) electrons. The summed E-state index contributed by atoms with van der Waals surface area (Å²) in [5.74, 6) is -0.665. The average molecular weight is 273 g/mol. The normalized spacial score (nSPS) is 11.7. The van der Waals surface area contributed by atoms with Gasteiger partial charge in [-0.25, -0.2) is 0 Å². The van der Waals surface area contributed by atoms with E-state index in [1.807, 2.05) is 0 Å². The molecule has 1 atom stereocenters. The van der Waals surface area contributed by atoms with Gasteiger partial charge in [0.25, 0.3) is 5.69 Å². The summed E-state index contributed by atoms with van der Waals surface area (Å²) in [6.07, 6.45) is 0. The van der Waals surface area contributed by atoms with Crippen LogP contribution in [0, 0.1) is 16.0 Å². The van der Waals surface area contributed by atoms with Gasteiger partial charge in [-0.15, -0.1) is 0 Å².